The van der Waals surface area contributed by atoms with Crippen LogP contribution in [0.1, 0.15) is 70.7 Å². The van der Waals surface area contributed by atoms with Gasteiger partial charge in [-0.3, -0.25) is 0 Å². The lowest BCUT2D eigenvalue weighted by Crippen LogP contribution is -1.97. The largest absolute Gasteiger partial charge is 0.399 e. The van der Waals surface area contributed by atoms with E-state index in [1.807, 2.05) is 60.6 Å². The summed E-state index contributed by atoms with van der Waals surface area (Å²) < 4.78 is 0. The first-order chi connectivity index (χ1) is 11.2. The van der Waals surface area contributed by atoms with Crippen molar-refractivity contribution in [1.29, 1.82) is 0 Å². The number of nitrogens with two attached hydrogens (primary N) is 1. The average Bonchev–Trinajstić information content (AvgIpc) is 2.56. The lowest BCUT2D eigenvalue weighted by molar-refractivity contribution is 1.23. The molecular formula is C23H41N. The Morgan fingerprint density at radius 2 is 1.29 bits per heavy atom. The van der Waals surface area contributed by atoms with E-state index in [2.05, 4.69) is 46.4 Å². The molecule has 0 aliphatic rings. The Hall–Kier alpha value is -1.76. The third-order valence-corrected chi connectivity index (χ3v) is 3.40. The van der Waals surface area contributed by atoms with Crippen molar-refractivity contribution in [3.63, 3.8) is 0 Å². The molecule has 0 aromatic heterocycles. The lowest BCUT2D eigenvalue weighted by atomic mass is 10.0. The fourth-order valence-electron chi connectivity index (χ4n) is 1.70. The molecule has 24 heavy (non-hydrogen) atoms. The molecule has 1 aromatic rings. The maximum Gasteiger partial charge on any atom is 0.0340 e. The smallest absolute Gasteiger partial charge is 0.0340 e. The van der Waals surface area contributed by atoms with Crippen LogP contribution in [0.3, 0.4) is 0 Å². The number of aryl methyl sites for hydroxylation is 3. The van der Waals surface area contributed by atoms with Gasteiger partial charge < -0.3 is 5.73 Å². The molecule has 1 nitrogen and oxygen atoms in total. The zero-order valence-corrected chi connectivity index (χ0v) is 18.1. The molecule has 0 fully saturated rings. The van der Waals surface area contributed by atoms with Crippen LogP contribution in [0.15, 0.2) is 47.7 Å². The summed E-state index contributed by atoms with van der Waals surface area (Å²) in [5.41, 5.74) is 14.0. The Kier molecular flexibility index (Phi) is 18.2. The van der Waals surface area contributed by atoms with E-state index in [1.165, 1.54) is 27.8 Å². The van der Waals surface area contributed by atoms with Crippen LogP contribution < -0.4 is 5.73 Å². The fourth-order valence-corrected chi connectivity index (χ4v) is 1.70. The summed E-state index contributed by atoms with van der Waals surface area (Å²) in [5.74, 6) is 0. The van der Waals surface area contributed by atoms with Gasteiger partial charge >= 0.3 is 0 Å². The predicted molar refractivity (Wildman–Crippen MR) is 115 cm³/mol. The van der Waals surface area contributed by atoms with Crippen molar-refractivity contribution < 1.29 is 0 Å². The molecule has 1 heteroatoms. The number of benzene rings is 1. The lowest BCUT2D eigenvalue weighted by Gasteiger charge is -2.04. The van der Waals surface area contributed by atoms with Gasteiger partial charge in [0.05, 0.1) is 0 Å². The summed E-state index contributed by atoms with van der Waals surface area (Å²) in [6, 6.07) is 4.45. The standard InChI is InChI=1S/C10H14.C9H15N.2C2H6/c1-7-5-8(2)10(4)9(3)6-7;1-5-8(4)6-9(10)7(2)3;2*1-2/h5-6H,1-4H3;5-6H,2,10H2,1,3-4H3;2*1-2H3/b;8-5-,9-6+;;. The molecule has 1 rings (SSSR count). The summed E-state index contributed by atoms with van der Waals surface area (Å²) in [6.07, 6.45) is 3.93. The SMILES string of the molecule is C=C(C)/C(N)=C\C(C)=C/C.CC.CC.Cc1cc(C)c(C)c(C)c1. The predicted octanol–water partition coefficient (Wildman–Crippen LogP) is 7.34. The van der Waals surface area contributed by atoms with Crippen LogP contribution in [-0.2, 0) is 0 Å². The van der Waals surface area contributed by atoms with E-state index in [9.17, 15) is 0 Å². The van der Waals surface area contributed by atoms with E-state index in [0.29, 0.717) is 0 Å². The van der Waals surface area contributed by atoms with Crippen molar-refractivity contribution in [2.24, 2.45) is 5.73 Å². The summed E-state index contributed by atoms with van der Waals surface area (Å²) in [7, 11) is 0. The second kappa shape index (κ2) is 16.1. The Labute approximate surface area is 152 Å². The summed E-state index contributed by atoms with van der Waals surface area (Å²) in [5, 5.41) is 0. The molecule has 0 aliphatic heterocycles. The first kappa shape index (κ1) is 27.1. The van der Waals surface area contributed by atoms with Gasteiger partial charge in [-0.2, -0.15) is 0 Å². The highest BCUT2D eigenvalue weighted by Gasteiger charge is 1.96. The first-order valence-electron chi connectivity index (χ1n) is 8.99. The van der Waals surface area contributed by atoms with Crippen LogP contribution in [0, 0.1) is 27.7 Å². The maximum atomic E-state index is 5.61. The van der Waals surface area contributed by atoms with Crippen LogP contribution in [0.2, 0.25) is 0 Å². The molecular weight excluding hydrogens is 290 g/mol. The minimum absolute atomic E-state index is 0.760. The van der Waals surface area contributed by atoms with Crippen molar-refractivity contribution in [3.8, 4) is 0 Å². The molecule has 0 heterocycles. The molecule has 0 radical (unpaired) electrons. The first-order valence-corrected chi connectivity index (χ1v) is 8.99. The molecule has 0 aliphatic carbocycles. The Balaban J connectivity index is -0.000000304. The van der Waals surface area contributed by atoms with Crippen LogP contribution in [0.4, 0.5) is 0 Å². The van der Waals surface area contributed by atoms with Gasteiger partial charge in [-0.15, -0.1) is 0 Å². The van der Waals surface area contributed by atoms with Gasteiger partial charge in [-0.1, -0.05) is 63.6 Å². The van der Waals surface area contributed by atoms with Gasteiger partial charge in [0, 0.05) is 5.70 Å². The highest BCUT2D eigenvalue weighted by Crippen LogP contribution is 2.13. The number of hydrogen-bond acceptors (Lipinski definition) is 1. The number of hydrogen-bond donors (Lipinski definition) is 1. The number of allylic oxidation sites excluding steroid dienone is 4. The zero-order chi connectivity index (χ0) is 19.9. The van der Waals surface area contributed by atoms with Gasteiger partial charge in [0.1, 0.15) is 0 Å². The summed E-state index contributed by atoms with van der Waals surface area (Å²) in [6.45, 7) is 26.2. The third-order valence-electron chi connectivity index (χ3n) is 3.40. The van der Waals surface area contributed by atoms with Gasteiger partial charge in [-0.05, 0) is 76.8 Å². The molecule has 138 valence electrons. The second-order valence-electron chi connectivity index (χ2n) is 5.44. The molecule has 1 aromatic carbocycles. The highest BCUT2D eigenvalue weighted by atomic mass is 14.6. The number of rotatable bonds is 2. The molecule has 0 amide bonds. The topological polar surface area (TPSA) is 26.0 Å². The Bertz CT molecular complexity index is 508. The third kappa shape index (κ3) is 12.8. The van der Waals surface area contributed by atoms with Gasteiger partial charge in [0.15, 0.2) is 0 Å². The van der Waals surface area contributed by atoms with E-state index in [0.717, 1.165) is 11.3 Å². The molecule has 0 spiro atoms. The summed E-state index contributed by atoms with van der Waals surface area (Å²) in [4.78, 5) is 0. The van der Waals surface area contributed by atoms with E-state index >= 15 is 0 Å². The highest BCUT2D eigenvalue weighted by molar-refractivity contribution is 5.36. The average molecular weight is 332 g/mol. The molecule has 0 saturated heterocycles. The van der Waals surface area contributed by atoms with Gasteiger partial charge in [-0.25, -0.2) is 0 Å². The van der Waals surface area contributed by atoms with E-state index < -0.39 is 0 Å². The quantitative estimate of drug-likeness (QED) is 0.563. The van der Waals surface area contributed by atoms with Crippen molar-refractivity contribution in [2.75, 3.05) is 0 Å². The van der Waals surface area contributed by atoms with Crippen molar-refractivity contribution in [3.05, 3.63) is 70.0 Å². The van der Waals surface area contributed by atoms with Crippen LogP contribution in [0.25, 0.3) is 0 Å². The van der Waals surface area contributed by atoms with E-state index in [1.54, 1.807) is 0 Å². The van der Waals surface area contributed by atoms with Gasteiger partial charge in [0.25, 0.3) is 0 Å². The fraction of sp³-hybridized carbons (Fsp3) is 0.478. The van der Waals surface area contributed by atoms with Gasteiger partial charge in [0.2, 0.25) is 0 Å². The monoisotopic (exact) mass is 331 g/mol. The molecule has 0 atom stereocenters. The molecule has 2 N–H and O–H groups in total. The van der Waals surface area contributed by atoms with E-state index in [4.69, 9.17) is 5.73 Å². The van der Waals surface area contributed by atoms with Crippen molar-refractivity contribution in [2.45, 2.75) is 76.2 Å². The van der Waals surface area contributed by atoms with Crippen LogP contribution >= 0.6 is 0 Å². The molecule has 0 saturated carbocycles. The summed E-state index contributed by atoms with van der Waals surface area (Å²) >= 11 is 0. The van der Waals surface area contributed by atoms with Crippen LogP contribution in [0.5, 0.6) is 0 Å². The van der Waals surface area contributed by atoms with Crippen molar-refractivity contribution in [1.82, 2.24) is 0 Å². The maximum absolute atomic E-state index is 5.61. The Morgan fingerprint density at radius 1 is 0.917 bits per heavy atom. The molecule has 0 bridgehead atoms. The minimum Gasteiger partial charge on any atom is -0.399 e. The van der Waals surface area contributed by atoms with E-state index in [-0.39, 0.29) is 0 Å². The minimum atomic E-state index is 0.760. The Morgan fingerprint density at radius 3 is 1.58 bits per heavy atom. The second-order valence-corrected chi connectivity index (χ2v) is 5.44. The van der Waals surface area contributed by atoms with Crippen LogP contribution in [-0.4, -0.2) is 0 Å². The normalized spacial score (nSPS) is 10.3. The van der Waals surface area contributed by atoms with Crippen molar-refractivity contribution >= 4 is 0 Å². The molecule has 0 unspecified atom stereocenters. The zero-order valence-electron chi connectivity index (χ0n) is 18.1.